The summed E-state index contributed by atoms with van der Waals surface area (Å²) in [4.78, 5) is 10.2. The molecule has 6 nitrogen and oxygen atoms in total. The molecule has 2 unspecified atom stereocenters. The summed E-state index contributed by atoms with van der Waals surface area (Å²) in [5, 5.41) is 2.43. The first-order valence-electron chi connectivity index (χ1n) is 5.16. The number of hydrogen-bond donors (Lipinski definition) is 1. The van der Waals surface area contributed by atoms with Crippen molar-refractivity contribution in [3.05, 3.63) is 0 Å². The molecule has 0 aromatic rings. The van der Waals surface area contributed by atoms with Gasteiger partial charge >= 0.3 is 0 Å². The summed E-state index contributed by atoms with van der Waals surface area (Å²) >= 11 is -2.55. The molecule has 0 aromatic heterocycles. The van der Waals surface area contributed by atoms with Crippen molar-refractivity contribution < 1.29 is 22.2 Å². The molecule has 0 aliphatic carbocycles. The molecule has 0 aromatic carbocycles. The summed E-state index contributed by atoms with van der Waals surface area (Å²) in [5.41, 5.74) is 0. The zero-order chi connectivity index (χ0) is 12.6. The first kappa shape index (κ1) is 15.5. The average Bonchev–Trinajstić information content (AvgIpc) is 2.12. The Balaban J connectivity index is 4.27. The molecule has 0 radical (unpaired) electrons. The van der Waals surface area contributed by atoms with Gasteiger partial charge in [0.05, 0.1) is 38.5 Å². The van der Waals surface area contributed by atoms with Crippen LogP contribution in [0.2, 0.25) is 0 Å². The van der Waals surface area contributed by atoms with Crippen molar-refractivity contribution in [2.45, 2.75) is 19.4 Å². The van der Waals surface area contributed by atoms with Gasteiger partial charge in [-0.05, 0) is 6.42 Å². The molecule has 0 aliphatic rings. The lowest BCUT2D eigenvalue weighted by Gasteiger charge is -2.33. The number of carbonyl (C=O) groups is 1. The van der Waals surface area contributed by atoms with Gasteiger partial charge in [0, 0.05) is 0 Å². The van der Waals surface area contributed by atoms with E-state index in [0.29, 0.717) is 17.4 Å². The smallest absolute Gasteiger partial charge is 0.207 e. The summed E-state index contributed by atoms with van der Waals surface area (Å²) in [7, 11) is 3.99. The van der Waals surface area contributed by atoms with Gasteiger partial charge in [0.25, 0.3) is 0 Å². The Bertz CT molecular complexity index is 236. The van der Waals surface area contributed by atoms with E-state index in [1.54, 1.807) is 0 Å². The number of carbonyl (C=O) groups excluding carboxylic acids is 1. The van der Waals surface area contributed by atoms with E-state index >= 15 is 0 Å². The third-order valence-electron chi connectivity index (χ3n) is 2.17. The van der Waals surface area contributed by atoms with E-state index in [1.165, 1.54) is 0 Å². The maximum atomic E-state index is 10.5. The van der Waals surface area contributed by atoms with Crippen LogP contribution in [0.5, 0.6) is 0 Å². The molecule has 96 valence electrons. The van der Waals surface area contributed by atoms with Crippen LogP contribution in [-0.2, 0) is 20.3 Å². The van der Waals surface area contributed by atoms with Gasteiger partial charge < -0.3 is 14.4 Å². The second-order valence-electron chi connectivity index (χ2n) is 4.29. The van der Waals surface area contributed by atoms with E-state index in [-0.39, 0.29) is 6.54 Å². The van der Waals surface area contributed by atoms with E-state index < -0.39 is 17.5 Å². The largest absolute Gasteiger partial charge is 0.750 e. The van der Waals surface area contributed by atoms with Crippen molar-refractivity contribution >= 4 is 17.8 Å². The Labute approximate surface area is 99.0 Å². The minimum absolute atomic E-state index is 0.197. The van der Waals surface area contributed by atoms with E-state index in [4.69, 9.17) is 4.18 Å². The molecule has 2 atom stereocenters. The van der Waals surface area contributed by atoms with Crippen LogP contribution >= 0.6 is 0 Å². The van der Waals surface area contributed by atoms with Gasteiger partial charge in [-0.25, -0.2) is 4.21 Å². The summed E-state index contributed by atoms with van der Waals surface area (Å²) in [6.07, 6.45) is 1.01. The van der Waals surface area contributed by atoms with Gasteiger partial charge in [-0.2, -0.15) is 0 Å². The highest BCUT2D eigenvalue weighted by atomic mass is 32.2. The number of hydrogen-bond acceptors (Lipinski definition) is 4. The summed E-state index contributed by atoms with van der Waals surface area (Å²) in [5.74, 6) is 0. The van der Waals surface area contributed by atoms with Gasteiger partial charge in [0.15, 0.2) is 0 Å². The Morgan fingerprint density at radius 3 is 2.62 bits per heavy atom. The van der Waals surface area contributed by atoms with Crippen LogP contribution in [0.25, 0.3) is 0 Å². The highest BCUT2D eigenvalue weighted by Crippen LogP contribution is 2.05. The molecule has 0 saturated carbocycles. The first-order valence-corrected chi connectivity index (χ1v) is 6.16. The average molecular weight is 252 g/mol. The van der Waals surface area contributed by atoms with Crippen molar-refractivity contribution in [2.24, 2.45) is 0 Å². The molecule has 7 heteroatoms. The Hall–Kier alpha value is -0.500. The highest BCUT2D eigenvalue weighted by molar-refractivity contribution is 7.74. The molecule has 0 spiro atoms. The fourth-order valence-electron chi connectivity index (χ4n) is 1.67. The molecule has 1 N–H and O–H groups in total. The zero-order valence-corrected chi connectivity index (χ0v) is 10.8. The Kier molecular flexibility index (Phi) is 7.48. The van der Waals surface area contributed by atoms with Crippen LogP contribution in [-0.4, -0.2) is 59.5 Å². The van der Waals surface area contributed by atoms with Crippen molar-refractivity contribution in [1.82, 2.24) is 5.32 Å². The van der Waals surface area contributed by atoms with Crippen LogP contribution in [0, 0.1) is 0 Å². The molecular weight excluding hydrogens is 232 g/mol. The van der Waals surface area contributed by atoms with E-state index in [1.807, 2.05) is 14.1 Å². The van der Waals surface area contributed by atoms with Crippen molar-refractivity contribution in [1.29, 1.82) is 0 Å². The molecule has 0 heterocycles. The summed E-state index contributed by atoms with van der Waals surface area (Å²) in [6.45, 7) is 3.71. The normalized spacial score (nSPS) is 15.5. The number of nitrogens with one attached hydrogen (secondary N) is 1. The standard InChI is InChI=1S/C9H20N2O4S/c1-4-5-11(2,3)7-9(6-10-8-12)15-16(13)14/h8-9H,4-7H2,1-3H3,(H-,10,12,13,14). The number of likely N-dealkylation sites (N-methyl/N-ethyl adjacent to an activating group) is 1. The van der Waals surface area contributed by atoms with Gasteiger partial charge in [-0.1, -0.05) is 6.92 Å². The third-order valence-corrected chi connectivity index (χ3v) is 2.60. The maximum Gasteiger partial charge on any atom is 0.207 e. The monoisotopic (exact) mass is 252 g/mol. The third kappa shape index (κ3) is 7.75. The van der Waals surface area contributed by atoms with Crippen LogP contribution in [0.1, 0.15) is 13.3 Å². The van der Waals surface area contributed by atoms with E-state index in [2.05, 4.69) is 12.2 Å². The summed E-state index contributed by atoms with van der Waals surface area (Å²) < 4.78 is 26.3. The van der Waals surface area contributed by atoms with Gasteiger partial charge in [-0.15, -0.1) is 0 Å². The Morgan fingerprint density at radius 2 is 2.19 bits per heavy atom. The van der Waals surface area contributed by atoms with Crippen LogP contribution in [0.3, 0.4) is 0 Å². The lowest BCUT2D eigenvalue weighted by Crippen LogP contribution is -2.49. The molecule has 0 saturated heterocycles. The molecule has 16 heavy (non-hydrogen) atoms. The fraction of sp³-hybridized carbons (Fsp3) is 0.889. The second-order valence-corrected chi connectivity index (χ2v) is 4.89. The molecule has 0 fully saturated rings. The van der Waals surface area contributed by atoms with E-state index in [0.717, 1.165) is 13.0 Å². The van der Waals surface area contributed by atoms with Crippen LogP contribution in [0.15, 0.2) is 0 Å². The van der Waals surface area contributed by atoms with Crippen LogP contribution in [0.4, 0.5) is 0 Å². The highest BCUT2D eigenvalue weighted by Gasteiger charge is 2.22. The quantitative estimate of drug-likeness (QED) is 0.337. The predicted octanol–water partition coefficient (Wildman–Crippen LogP) is -0.602. The SMILES string of the molecule is CCC[N+](C)(C)CC(CNC=O)OS(=O)[O-]. The van der Waals surface area contributed by atoms with Crippen molar-refractivity contribution in [3.8, 4) is 0 Å². The summed E-state index contributed by atoms with van der Waals surface area (Å²) in [6, 6.07) is 0. The predicted molar refractivity (Wildman–Crippen MR) is 60.0 cm³/mol. The number of rotatable bonds is 9. The fourth-order valence-corrected chi connectivity index (χ4v) is 2.02. The number of amides is 1. The molecule has 1 amide bonds. The van der Waals surface area contributed by atoms with Crippen LogP contribution < -0.4 is 5.32 Å². The minimum Gasteiger partial charge on any atom is -0.750 e. The van der Waals surface area contributed by atoms with Gasteiger partial charge in [0.1, 0.15) is 12.6 Å². The molecule has 0 aliphatic heterocycles. The first-order chi connectivity index (χ1) is 7.41. The maximum absolute atomic E-state index is 10.5. The molecular formula is C9H20N2O4S. The molecule has 0 bridgehead atoms. The number of nitrogens with zero attached hydrogens (tertiary/aromatic N) is 1. The minimum atomic E-state index is -2.55. The van der Waals surface area contributed by atoms with Crippen molar-refractivity contribution in [3.63, 3.8) is 0 Å². The molecule has 0 rings (SSSR count). The van der Waals surface area contributed by atoms with Gasteiger partial charge in [-0.3, -0.25) is 8.98 Å². The second kappa shape index (κ2) is 7.72. The lowest BCUT2D eigenvalue weighted by molar-refractivity contribution is -0.892. The zero-order valence-electron chi connectivity index (χ0n) is 9.97. The van der Waals surface area contributed by atoms with E-state index in [9.17, 15) is 13.6 Å². The lowest BCUT2D eigenvalue weighted by atomic mass is 10.2. The Morgan fingerprint density at radius 1 is 1.56 bits per heavy atom. The topological polar surface area (TPSA) is 78.5 Å². The number of quaternary nitrogens is 1. The van der Waals surface area contributed by atoms with Crippen molar-refractivity contribution in [2.75, 3.05) is 33.7 Å². The van der Waals surface area contributed by atoms with Gasteiger partial charge in [0.2, 0.25) is 6.41 Å².